The van der Waals surface area contributed by atoms with Crippen molar-refractivity contribution in [1.82, 2.24) is 0 Å². The molecule has 0 spiro atoms. The second-order valence-electron chi connectivity index (χ2n) is 15.2. The van der Waals surface area contributed by atoms with E-state index in [-0.39, 0.29) is 0 Å². The summed E-state index contributed by atoms with van der Waals surface area (Å²) < 4.78 is 6.48. The highest BCUT2D eigenvalue weighted by atomic mass is 16.3. The number of furan rings is 1. The normalized spacial score (nSPS) is 11.3. The Balaban J connectivity index is 1.13. The lowest BCUT2D eigenvalue weighted by molar-refractivity contribution is 0.670. The fraction of sp³-hybridized carbons (Fsp3) is 0. The Hall–Kier alpha value is -7.94. The van der Waals surface area contributed by atoms with Crippen molar-refractivity contribution in [3.63, 3.8) is 0 Å². The Bertz CT molecular complexity index is 3310. The van der Waals surface area contributed by atoms with Crippen molar-refractivity contribution >= 4 is 49.8 Å². The molecule has 0 radical (unpaired) electrons. The molecule has 0 aliphatic rings. The molecule has 1 aromatic heterocycles. The number of anilines is 3. The lowest BCUT2D eigenvalue weighted by atomic mass is 9.84. The summed E-state index contributed by atoms with van der Waals surface area (Å²) in [5.74, 6) is 0. The molecule has 2 nitrogen and oxygen atoms in total. The zero-order chi connectivity index (χ0) is 39.8. The van der Waals surface area contributed by atoms with Crippen LogP contribution in [0.5, 0.6) is 0 Å². The molecule has 11 rings (SSSR count). The number of rotatable bonds is 8. The van der Waals surface area contributed by atoms with Gasteiger partial charge in [-0.15, -0.1) is 0 Å². The molecule has 282 valence electrons. The highest BCUT2D eigenvalue weighted by Crippen LogP contribution is 2.49. The summed E-state index contributed by atoms with van der Waals surface area (Å²) >= 11 is 0. The summed E-state index contributed by atoms with van der Waals surface area (Å²) in [4.78, 5) is 2.41. The van der Waals surface area contributed by atoms with Gasteiger partial charge in [-0.3, -0.25) is 0 Å². The summed E-state index contributed by atoms with van der Waals surface area (Å²) in [6.07, 6.45) is 0. The van der Waals surface area contributed by atoms with Gasteiger partial charge in [-0.1, -0.05) is 200 Å². The number of benzene rings is 10. The van der Waals surface area contributed by atoms with E-state index in [4.69, 9.17) is 4.42 Å². The molecule has 0 atom stereocenters. The van der Waals surface area contributed by atoms with Gasteiger partial charge in [-0.2, -0.15) is 0 Å². The van der Waals surface area contributed by atoms with Gasteiger partial charge in [-0.05, 0) is 91.7 Å². The monoisotopic (exact) mass is 765 g/mol. The van der Waals surface area contributed by atoms with Crippen molar-refractivity contribution in [3.8, 4) is 55.6 Å². The molecule has 0 saturated carbocycles. The number of nitrogens with zero attached hydrogens (tertiary/aromatic N) is 1. The standard InChI is InChI=1S/C58H39NO/c1-3-18-41(19-4-1)47-23-9-10-26-52(47)57-48(42-20-5-2-6-21-42)27-15-29-53(57)50-24-11-13-31-55(50)59(46-38-33-40-17-7-8-22-44(40)39-46)45-36-34-43(35-37-45)49-28-16-30-54-51-25-12-14-32-56(51)60-58(49)54/h1-39H. The molecule has 0 amide bonds. The van der Waals surface area contributed by atoms with Crippen LogP contribution in [0, 0.1) is 0 Å². The van der Waals surface area contributed by atoms with E-state index in [0.29, 0.717) is 0 Å². The molecule has 10 aromatic carbocycles. The van der Waals surface area contributed by atoms with Crippen LogP contribution in [0.15, 0.2) is 241 Å². The number of fused-ring (bicyclic) bond motifs is 4. The van der Waals surface area contributed by atoms with Crippen LogP contribution in [0.25, 0.3) is 88.3 Å². The smallest absolute Gasteiger partial charge is 0.143 e. The summed E-state index contributed by atoms with van der Waals surface area (Å²) in [5, 5.41) is 4.65. The minimum absolute atomic E-state index is 0.901. The summed E-state index contributed by atoms with van der Waals surface area (Å²) in [7, 11) is 0. The average Bonchev–Trinajstić information content (AvgIpc) is 3.71. The third kappa shape index (κ3) is 6.23. The quantitative estimate of drug-likeness (QED) is 0.153. The third-order valence-corrected chi connectivity index (χ3v) is 11.7. The Kier molecular flexibility index (Phi) is 8.87. The fourth-order valence-corrected chi connectivity index (χ4v) is 8.90. The van der Waals surface area contributed by atoms with E-state index >= 15 is 0 Å². The van der Waals surface area contributed by atoms with Gasteiger partial charge in [0.25, 0.3) is 0 Å². The van der Waals surface area contributed by atoms with Crippen LogP contribution in [0.4, 0.5) is 17.1 Å². The maximum atomic E-state index is 6.48. The molecule has 0 saturated heterocycles. The van der Waals surface area contributed by atoms with E-state index in [1.807, 2.05) is 12.1 Å². The maximum Gasteiger partial charge on any atom is 0.143 e. The van der Waals surface area contributed by atoms with Gasteiger partial charge in [0.15, 0.2) is 0 Å². The molecular formula is C58H39NO. The largest absolute Gasteiger partial charge is 0.455 e. The molecule has 0 N–H and O–H groups in total. The Morgan fingerprint density at radius 1 is 0.300 bits per heavy atom. The highest BCUT2D eigenvalue weighted by molar-refractivity contribution is 6.10. The molecule has 11 aromatic rings. The van der Waals surface area contributed by atoms with E-state index in [0.717, 1.165) is 61.3 Å². The number of hydrogen-bond donors (Lipinski definition) is 0. The van der Waals surface area contributed by atoms with Crippen LogP contribution in [0.3, 0.4) is 0 Å². The van der Waals surface area contributed by atoms with Gasteiger partial charge in [0.2, 0.25) is 0 Å². The lowest BCUT2D eigenvalue weighted by Crippen LogP contribution is -2.11. The second kappa shape index (κ2) is 15.1. The van der Waals surface area contributed by atoms with E-state index < -0.39 is 0 Å². The van der Waals surface area contributed by atoms with Crippen molar-refractivity contribution in [1.29, 1.82) is 0 Å². The van der Waals surface area contributed by atoms with Gasteiger partial charge in [0.1, 0.15) is 11.2 Å². The Morgan fingerprint density at radius 3 is 1.63 bits per heavy atom. The first-order valence-electron chi connectivity index (χ1n) is 20.5. The van der Waals surface area contributed by atoms with E-state index in [9.17, 15) is 0 Å². The summed E-state index contributed by atoms with van der Waals surface area (Å²) in [5.41, 5.74) is 16.6. The minimum Gasteiger partial charge on any atom is -0.455 e. The molecule has 0 unspecified atom stereocenters. The van der Waals surface area contributed by atoms with Crippen molar-refractivity contribution in [2.24, 2.45) is 0 Å². The van der Waals surface area contributed by atoms with E-state index in [1.165, 1.54) is 44.2 Å². The predicted octanol–water partition coefficient (Wildman–Crippen LogP) is 16.5. The Labute approximate surface area is 349 Å². The van der Waals surface area contributed by atoms with Crippen LogP contribution in [0.1, 0.15) is 0 Å². The number of para-hydroxylation sites is 3. The molecule has 0 bridgehead atoms. The first-order chi connectivity index (χ1) is 29.8. The van der Waals surface area contributed by atoms with Gasteiger partial charge in [-0.25, -0.2) is 0 Å². The average molecular weight is 766 g/mol. The lowest BCUT2D eigenvalue weighted by Gasteiger charge is -2.29. The zero-order valence-electron chi connectivity index (χ0n) is 32.9. The molecule has 1 heterocycles. The first-order valence-corrected chi connectivity index (χ1v) is 20.5. The zero-order valence-corrected chi connectivity index (χ0v) is 32.9. The molecule has 0 aliphatic carbocycles. The predicted molar refractivity (Wildman–Crippen MR) is 253 cm³/mol. The molecular weight excluding hydrogens is 727 g/mol. The highest BCUT2D eigenvalue weighted by Gasteiger charge is 2.23. The summed E-state index contributed by atoms with van der Waals surface area (Å²) in [6, 6.07) is 85.0. The van der Waals surface area contributed by atoms with Crippen LogP contribution in [-0.4, -0.2) is 0 Å². The fourth-order valence-electron chi connectivity index (χ4n) is 8.90. The van der Waals surface area contributed by atoms with Gasteiger partial charge in [0.05, 0.1) is 5.69 Å². The van der Waals surface area contributed by atoms with Crippen molar-refractivity contribution in [3.05, 3.63) is 237 Å². The van der Waals surface area contributed by atoms with Crippen LogP contribution in [-0.2, 0) is 0 Å². The minimum atomic E-state index is 0.901. The molecule has 0 fully saturated rings. The first kappa shape index (κ1) is 35.2. The van der Waals surface area contributed by atoms with Crippen molar-refractivity contribution < 1.29 is 4.42 Å². The number of hydrogen-bond acceptors (Lipinski definition) is 2. The Morgan fingerprint density at radius 2 is 0.833 bits per heavy atom. The van der Waals surface area contributed by atoms with Gasteiger partial charge in [0, 0.05) is 33.3 Å². The topological polar surface area (TPSA) is 16.4 Å². The van der Waals surface area contributed by atoms with Crippen LogP contribution < -0.4 is 4.90 Å². The molecule has 60 heavy (non-hydrogen) atoms. The van der Waals surface area contributed by atoms with Crippen molar-refractivity contribution in [2.75, 3.05) is 4.90 Å². The maximum absolute atomic E-state index is 6.48. The summed E-state index contributed by atoms with van der Waals surface area (Å²) in [6.45, 7) is 0. The van der Waals surface area contributed by atoms with E-state index in [1.54, 1.807) is 0 Å². The second-order valence-corrected chi connectivity index (χ2v) is 15.2. The van der Waals surface area contributed by atoms with Crippen LogP contribution >= 0.6 is 0 Å². The molecule has 2 heteroatoms. The van der Waals surface area contributed by atoms with Crippen LogP contribution in [0.2, 0.25) is 0 Å². The molecule has 0 aliphatic heterocycles. The van der Waals surface area contributed by atoms with Crippen molar-refractivity contribution in [2.45, 2.75) is 0 Å². The SMILES string of the molecule is c1ccc(-c2ccccc2-c2c(-c3ccccc3)cccc2-c2ccccc2N(c2ccc(-c3cccc4c3oc3ccccc34)cc2)c2ccc3ccccc3c2)cc1. The van der Waals surface area contributed by atoms with E-state index in [2.05, 4.69) is 229 Å². The van der Waals surface area contributed by atoms with Gasteiger partial charge < -0.3 is 9.32 Å². The third-order valence-electron chi connectivity index (χ3n) is 11.7. The van der Waals surface area contributed by atoms with Gasteiger partial charge >= 0.3 is 0 Å².